The van der Waals surface area contributed by atoms with E-state index in [1.807, 2.05) is 28.5 Å². The molecular formula is C15H13BrClNOS. The zero-order chi connectivity index (χ0) is 14.1. The van der Waals surface area contributed by atoms with Crippen molar-refractivity contribution < 1.29 is 4.79 Å². The number of carbonyl (C=O) groups is 1. The summed E-state index contributed by atoms with van der Waals surface area (Å²) in [5.41, 5.74) is 0.574. The van der Waals surface area contributed by atoms with E-state index in [9.17, 15) is 4.79 Å². The summed E-state index contributed by atoms with van der Waals surface area (Å²) < 4.78 is 0.761. The van der Waals surface area contributed by atoms with Gasteiger partial charge in [-0.1, -0.05) is 23.7 Å². The Morgan fingerprint density at radius 1 is 1.35 bits per heavy atom. The Morgan fingerprint density at radius 2 is 2.15 bits per heavy atom. The average Bonchev–Trinajstić information content (AvgIpc) is 3.15. The number of benzene rings is 1. The number of carbonyl (C=O) groups excluding carboxylic acids is 1. The number of halogens is 2. The fourth-order valence-electron chi connectivity index (χ4n) is 2.15. The van der Waals surface area contributed by atoms with E-state index in [-0.39, 0.29) is 5.91 Å². The molecule has 1 aromatic carbocycles. The molecule has 1 fully saturated rings. The first-order valence-electron chi connectivity index (χ1n) is 6.44. The van der Waals surface area contributed by atoms with Gasteiger partial charge in [-0.2, -0.15) is 0 Å². The van der Waals surface area contributed by atoms with Crippen molar-refractivity contribution in [2.75, 3.05) is 0 Å². The SMILES string of the molecule is O=C(c1cccc(Br)c1Cl)N(Cc1cccs1)C1CC1. The Balaban J connectivity index is 1.87. The largest absolute Gasteiger partial charge is 0.330 e. The normalized spacial score (nSPS) is 14.3. The molecule has 1 saturated carbocycles. The molecule has 0 saturated heterocycles. The first-order valence-corrected chi connectivity index (χ1v) is 8.49. The third-order valence-electron chi connectivity index (χ3n) is 3.34. The molecule has 2 nitrogen and oxygen atoms in total. The summed E-state index contributed by atoms with van der Waals surface area (Å²) in [6, 6.07) is 9.93. The lowest BCUT2D eigenvalue weighted by molar-refractivity contribution is 0.0732. The Bertz CT molecular complexity index is 625. The predicted octanol–water partition coefficient (Wildman–Crippen LogP) is 4.97. The quantitative estimate of drug-likeness (QED) is 0.744. The van der Waals surface area contributed by atoms with Gasteiger partial charge in [0.1, 0.15) is 0 Å². The highest BCUT2D eigenvalue weighted by molar-refractivity contribution is 9.10. The second-order valence-electron chi connectivity index (χ2n) is 4.84. The topological polar surface area (TPSA) is 20.3 Å². The van der Waals surface area contributed by atoms with Crippen molar-refractivity contribution in [2.24, 2.45) is 0 Å². The van der Waals surface area contributed by atoms with Gasteiger partial charge in [-0.25, -0.2) is 0 Å². The Hall–Kier alpha value is -0.840. The smallest absolute Gasteiger partial charge is 0.255 e. The highest BCUT2D eigenvalue weighted by Crippen LogP contribution is 2.33. The maximum atomic E-state index is 12.8. The van der Waals surface area contributed by atoms with Gasteiger partial charge in [-0.15, -0.1) is 11.3 Å². The minimum Gasteiger partial charge on any atom is -0.330 e. The van der Waals surface area contributed by atoms with Crippen LogP contribution in [0.5, 0.6) is 0 Å². The lowest BCUT2D eigenvalue weighted by Crippen LogP contribution is -2.32. The molecule has 0 bridgehead atoms. The molecule has 1 heterocycles. The summed E-state index contributed by atoms with van der Waals surface area (Å²) in [6.45, 7) is 0.671. The van der Waals surface area contributed by atoms with Gasteiger partial charge in [0.25, 0.3) is 5.91 Å². The van der Waals surface area contributed by atoms with E-state index in [2.05, 4.69) is 22.0 Å². The number of thiophene rings is 1. The number of hydrogen-bond acceptors (Lipinski definition) is 2. The van der Waals surface area contributed by atoms with Gasteiger partial charge in [-0.3, -0.25) is 4.79 Å². The number of rotatable bonds is 4. The van der Waals surface area contributed by atoms with Gasteiger partial charge in [0, 0.05) is 15.4 Å². The Morgan fingerprint density at radius 3 is 2.80 bits per heavy atom. The van der Waals surface area contributed by atoms with Gasteiger partial charge in [0.15, 0.2) is 0 Å². The molecule has 5 heteroatoms. The molecule has 1 amide bonds. The standard InChI is InChI=1S/C15H13BrClNOS/c16-13-5-1-4-12(14(13)17)15(19)18(10-6-7-10)9-11-3-2-8-20-11/h1-5,8,10H,6-7,9H2. The van der Waals surface area contributed by atoms with Crippen molar-refractivity contribution in [2.45, 2.75) is 25.4 Å². The third-order valence-corrected chi connectivity index (χ3v) is 5.49. The molecule has 2 aromatic rings. The minimum absolute atomic E-state index is 0.0206. The van der Waals surface area contributed by atoms with E-state index in [1.54, 1.807) is 17.4 Å². The Labute approximate surface area is 135 Å². The lowest BCUT2D eigenvalue weighted by Gasteiger charge is -2.22. The molecule has 0 N–H and O–H groups in total. The van der Waals surface area contributed by atoms with Crippen LogP contribution in [0, 0.1) is 0 Å². The number of hydrogen-bond donors (Lipinski definition) is 0. The van der Waals surface area contributed by atoms with Crippen LogP contribution in [0.15, 0.2) is 40.2 Å². The molecule has 0 aliphatic heterocycles. The molecule has 104 valence electrons. The van der Waals surface area contributed by atoms with Crippen LogP contribution < -0.4 is 0 Å². The van der Waals surface area contributed by atoms with Gasteiger partial charge >= 0.3 is 0 Å². The van der Waals surface area contributed by atoms with Crippen LogP contribution >= 0.6 is 38.9 Å². The monoisotopic (exact) mass is 369 g/mol. The minimum atomic E-state index is 0.0206. The highest BCUT2D eigenvalue weighted by Gasteiger charge is 2.34. The number of amides is 1. The third kappa shape index (κ3) is 2.92. The van der Waals surface area contributed by atoms with Crippen LogP contribution in [0.2, 0.25) is 5.02 Å². The predicted molar refractivity (Wildman–Crippen MR) is 86.4 cm³/mol. The van der Waals surface area contributed by atoms with Gasteiger partial charge in [0.05, 0.1) is 17.1 Å². The first kappa shape index (κ1) is 14.1. The molecular weight excluding hydrogens is 358 g/mol. The fraction of sp³-hybridized carbons (Fsp3) is 0.267. The van der Waals surface area contributed by atoms with Crippen LogP contribution in [0.4, 0.5) is 0 Å². The first-order chi connectivity index (χ1) is 9.66. The summed E-state index contributed by atoms with van der Waals surface area (Å²) in [6.07, 6.45) is 2.17. The van der Waals surface area contributed by atoms with Crippen molar-refractivity contribution >= 4 is 44.8 Å². The molecule has 0 radical (unpaired) electrons. The maximum Gasteiger partial charge on any atom is 0.255 e. The fourth-order valence-corrected chi connectivity index (χ4v) is 3.42. The second-order valence-corrected chi connectivity index (χ2v) is 7.11. The Kier molecular flexibility index (Phi) is 4.15. The number of nitrogens with zero attached hydrogens (tertiary/aromatic N) is 1. The van der Waals surface area contributed by atoms with Crippen molar-refractivity contribution in [3.8, 4) is 0 Å². The molecule has 3 rings (SSSR count). The van der Waals surface area contributed by atoms with Crippen molar-refractivity contribution in [1.82, 2.24) is 4.90 Å². The summed E-state index contributed by atoms with van der Waals surface area (Å²) in [5.74, 6) is 0.0206. The average molecular weight is 371 g/mol. The summed E-state index contributed by atoms with van der Waals surface area (Å²) in [5, 5.41) is 2.53. The van der Waals surface area contributed by atoms with Gasteiger partial charge in [-0.05, 0) is 52.4 Å². The van der Waals surface area contributed by atoms with E-state index in [4.69, 9.17) is 11.6 Å². The van der Waals surface area contributed by atoms with E-state index >= 15 is 0 Å². The molecule has 0 atom stereocenters. The highest BCUT2D eigenvalue weighted by atomic mass is 79.9. The van der Waals surface area contributed by atoms with E-state index < -0.39 is 0 Å². The molecule has 0 spiro atoms. The van der Waals surface area contributed by atoms with Crippen LogP contribution in [0.1, 0.15) is 28.1 Å². The molecule has 1 aliphatic rings. The van der Waals surface area contributed by atoms with Crippen molar-refractivity contribution in [3.63, 3.8) is 0 Å². The van der Waals surface area contributed by atoms with Crippen LogP contribution in [-0.4, -0.2) is 16.8 Å². The van der Waals surface area contributed by atoms with E-state index in [1.165, 1.54) is 4.88 Å². The zero-order valence-electron chi connectivity index (χ0n) is 10.7. The second kappa shape index (κ2) is 5.88. The van der Waals surface area contributed by atoms with Crippen LogP contribution in [0.3, 0.4) is 0 Å². The lowest BCUT2D eigenvalue weighted by atomic mass is 10.2. The summed E-state index contributed by atoms with van der Waals surface area (Å²) in [7, 11) is 0. The molecule has 1 aromatic heterocycles. The van der Waals surface area contributed by atoms with Crippen LogP contribution in [0.25, 0.3) is 0 Å². The maximum absolute atomic E-state index is 12.8. The van der Waals surface area contributed by atoms with Crippen molar-refractivity contribution in [1.29, 1.82) is 0 Å². The van der Waals surface area contributed by atoms with E-state index in [0.29, 0.717) is 23.2 Å². The van der Waals surface area contributed by atoms with Gasteiger partial charge < -0.3 is 4.90 Å². The summed E-state index contributed by atoms with van der Waals surface area (Å²) in [4.78, 5) is 15.9. The molecule has 1 aliphatic carbocycles. The molecule has 0 unspecified atom stereocenters. The van der Waals surface area contributed by atoms with E-state index in [0.717, 1.165) is 17.3 Å². The van der Waals surface area contributed by atoms with Crippen molar-refractivity contribution in [3.05, 3.63) is 55.6 Å². The zero-order valence-corrected chi connectivity index (χ0v) is 13.8. The molecule has 20 heavy (non-hydrogen) atoms. The summed E-state index contributed by atoms with van der Waals surface area (Å²) >= 11 is 11.3. The van der Waals surface area contributed by atoms with Gasteiger partial charge in [0.2, 0.25) is 0 Å². The van der Waals surface area contributed by atoms with Crippen LogP contribution in [-0.2, 0) is 6.54 Å².